The van der Waals surface area contributed by atoms with Crippen LogP contribution in [0.15, 0.2) is 47.1 Å². The van der Waals surface area contributed by atoms with E-state index in [2.05, 4.69) is 5.32 Å². The molecule has 3 aromatic rings. The summed E-state index contributed by atoms with van der Waals surface area (Å²) in [7, 11) is 0. The first-order valence-electron chi connectivity index (χ1n) is 7.38. The zero-order valence-electron chi connectivity index (χ0n) is 13.1. The number of nitrogens with one attached hydrogen (secondary N) is 1. The molecule has 0 spiro atoms. The van der Waals surface area contributed by atoms with Crippen molar-refractivity contribution in [1.29, 1.82) is 0 Å². The molecule has 0 radical (unpaired) electrons. The van der Waals surface area contributed by atoms with Gasteiger partial charge in [0.15, 0.2) is 0 Å². The van der Waals surface area contributed by atoms with Crippen molar-refractivity contribution in [3.63, 3.8) is 0 Å². The zero-order valence-corrected chi connectivity index (χ0v) is 13.8. The van der Waals surface area contributed by atoms with Crippen LogP contribution >= 0.6 is 11.6 Å². The summed E-state index contributed by atoms with van der Waals surface area (Å²) in [5.74, 6) is -0.573. The summed E-state index contributed by atoms with van der Waals surface area (Å²) in [6.45, 7) is 1.82. The van der Waals surface area contributed by atoms with E-state index in [0.29, 0.717) is 21.6 Å². The summed E-state index contributed by atoms with van der Waals surface area (Å²) in [4.78, 5) is 12.2. The van der Waals surface area contributed by atoms with E-state index < -0.39 is 17.6 Å². The van der Waals surface area contributed by atoms with E-state index in [9.17, 15) is 18.0 Å². The molecule has 0 aliphatic carbocycles. The second-order valence-corrected chi connectivity index (χ2v) is 6.03. The first-order valence-corrected chi connectivity index (χ1v) is 7.76. The maximum absolute atomic E-state index is 13.0. The minimum Gasteiger partial charge on any atom is -0.464 e. The molecule has 0 saturated carbocycles. The van der Waals surface area contributed by atoms with E-state index in [1.165, 1.54) is 24.5 Å². The highest BCUT2D eigenvalue weighted by Gasteiger charge is 2.33. The van der Waals surface area contributed by atoms with Gasteiger partial charge in [0.2, 0.25) is 5.91 Å². The fourth-order valence-electron chi connectivity index (χ4n) is 2.55. The number of carbonyl (C=O) groups excluding carboxylic acids is 1. The lowest BCUT2D eigenvalue weighted by Gasteiger charge is -2.13. The van der Waals surface area contributed by atoms with E-state index >= 15 is 0 Å². The highest BCUT2D eigenvalue weighted by molar-refractivity contribution is 6.32. The third kappa shape index (κ3) is 3.64. The minimum atomic E-state index is -4.54. The monoisotopic (exact) mass is 367 g/mol. The normalized spacial score (nSPS) is 11.7. The summed E-state index contributed by atoms with van der Waals surface area (Å²) < 4.78 is 44.4. The molecule has 0 aliphatic heterocycles. The Kier molecular flexibility index (Phi) is 4.47. The highest BCUT2D eigenvalue weighted by Crippen LogP contribution is 2.35. The van der Waals surface area contributed by atoms with Crippen LogP contribution in [-0.4, -0.2) is 5.91 Å². The fraction of sp³-hybridized carbons (Fsp3) is 0.167. The Bertz CT molecular complexity index is 947. The molecular weight excluding hydrogens is 355 g/mol. The SMILES string of the molecule is Cc1cc2occ(CC(=O)Nc3ccccc3C(F)(F)F)c2cc1Cl. The number of benzene rings is 2. The second kappa shape index (κ2) is 6.44. The van der Waals surface area contributed by atoms with Gasteiger partial charge < -0.3 is 9.73 Å². The molecule has 0 aliphatic rings. The largest absolute Gasteiger partial charge is 0.464 e. The lowest BCUT2D eigenvalue weighted by molar-refractivity contribution is -0.137. The van der Waals surface area contributed by atoms with E-state index in [1.807, 2.05) is 6.92 Å². The summed E-state index contributed by atoms with van der Waals surface area (Å²) in [5.41, 5.74) is 0.790. The second-order valence-electron chi connectivity index (χ2n) is 5.63. The number of rotatable bonds is 3. The predicted molar refractivity (Wildman–Crippen MR) is 89.7 cm³/mol. The maximum atomic E-state index is 13.0. The van der Waals surface area contributed by atoms with Crippen molar-refractivity contribution < 1.29 is 22.4 Å². The van der Waals surface area contributed by atoms with Crippen LogP contribution < -0.4 is 5.32 Å². The molecule has 0 atom stereocenters. The zero-order chi connectivity index (χ0) is 18.2. The summed E-state index contributed by atoms with van der Waals surface area (Å²) in [6, 6.07) is 8.27. The average molecular weight is 368 g/mol. The van der Waals surface area contributed by atoms with Gasteiger partial charge in [-0.2, -0.15) is 13.2 Å². The van der Waals surface area contributed by atoms with Crippen LogP contribution in [-0.2, 0) is 17.4 Å². The van der Waals surface area contributed by atoms with E-state index in [0.717, 1.165) is 11.6 Å². The van der Waals surface area contributed by atoms with Crippen LogP contribution in [0, 0.1) is 6.92 Å². The van der Waals surface area contributed by atoms with Gasteiger partial charge in [-0.15, -0.1) is 0 Å². The summed E-state index contributed by atoms with van der Waals surface area (Å²) in [6.07, 6.45) is -3.26. The quantitative estimate of drug-likeness (QED) is 0.655. The molecule has 0 bridgehead atoms. The molecule has 1 aromatic heterocycles. The average Bonchev–Trinajstić information content (AvgIpc) is 2.89. The van der Waals surface area contributed by atoms with Gasteiger partial charge in [0.05, 0.1) is 23.9 Å². The molecular formula is C18H13ClF3NO2. The Morgan fingerprint density at radius 2 is 1.96 bits per heavy atom. The molecule has 1 amide bonds. The van der Waals surface area contributed by atoms with E-state index in [4.69, 9.17) is 16.0 Å². The van der Waals surface area contributed by atoms with Crippen LogP contribution in [0.1, 0.15) is 16.7 Å². The van der Waals surface area contributed by atoms with Crippen LogP contribution in [0.3, 0.4) is 0 Å². The van der Waals surface area contributed by atoms with Crippen LogP contribution in [0.2, 0.25) is 5.02 Å². The first kappa shape index (κ1) is 17.4. The molecule has 130 valence electrons. The molecule has 0 fully saturated rings. The standard InChI is InChI=1S/C18H13ClF3NO2/c1-10-6-16-12(8-14(10)19)11(9-25-16)7-17(24)23-15-5-3-2-4-13(15)18(20,21)22/h2-6,8-9H,7H2,1H3,(H,23,24). The molecule has 0 saturated heterocycles. The Hall–Kier alpha value is -2.47. The third-order valence-electron chi connectivity index (χ3n) is 3.79. The number of furan rings is 1. The maximum Gasteiger partial charge on any atom is 0.418 e. The molecule has 2 aromatic carbocycles. The van der Waals surface area contributed by atoms with Gasteiger partial charge in [-0.05, 0) is 36.8 Å². The highest BCUT2D eigenvalue weighted by atomic mass is 35.5. The first-order chi connectivity index (χ1) is 11.8. The van der Waals surface area contributed by atoms with Crippen LogP contribution in [0.5, 0.6) is 0 Å². The summed E-state index contributed by atoms with van der Waals surface area (Å²) in [5, 5.41) is 3.50. The van der Waals surface area contributed by atoms with Crippen molar-refractivity contribution in [3.05, 3.63) is 64.4 Å². The van der Waals surface area contributed by atoms with Gasteiger partial charge in [-0.1, -0.05) is 23.7 Å². The van der Waals surface area contributed by atoms with Gasteiger partial charge in [0, 0.05) is 16.0 Å². The molecule has 1 heterocycles. The number of halogens is 4. The van der Waals surface area contributed by atoms with Crippen molar-refractivity contribution in [2.45, 2.75) is 19.5 Å². The van der Waals surface area contributed by atoms with Crippen molar-refractivity contribution in [3.8, 4) is 0 Å². The smallest absolute Gasteiger partial charge is 0.418 e. The fourth-order valence-corrected chi connectivity index (χ4v) is 2.71. The summed E-state index contributed by atoms with van der Waals surface area (Å²) >= 11 is 6.09. The van der Waals surface area contributed by atoms with Gasteiger partial charge in [0.25, 0.3) is 0 Å². The lowest BCUT2D eigenvalue weighted by Crippen LogP contribution is -2.18. The number of hydrogen-bond donors (Lipinski definition) is 1. The van der Waals surface area contributed by atoms with Gasteiger partial charge in [-0.25, -0.2) is 0 Å². The number of carbonyl (C=O) groups is 1. The van der Waals surface area contributed by atoms with Crippen molar-refractivity contribution in [2.75, 3.05) is 5.32 Å². The molecule has 25 heavy (non-hydrogen) atoms. The number of hydrogen-bond acceptors (Lipinski definition) is 2. The Balaban J connectivity index is 1.84. The predicted octanol–water partition coefficient (Wildman–Crippen LogP) is 5.59. The van der Waals surface area contributed by atoms with Crippen molar-refractivity contribution in [1.82, 2.24) is 0 Å². The number of anilines is 1. The van der Waals surface area contributed by atoms with Crippen molar-refractivity contribution >= 4 is 34.2 Å². The van der Waals surface area contributed by atoms with Crippen molar-refractivity contribution in [2.24, 2.45) is 0 Å². The van der Waals surface area contributed by atoms with Crippen LogP contribution in [0.4, 0.5) is 18.9 Å². The number of aryl methyl sites for hydroxylation is 1. The molecule has 7 heteroatoms. The number of amides is 1. The Morgan fingerprint density at radius 1 is 1.24 bits per heavy atom. The molecule has 3 nitrogen and oxygen atoms in total. The number of para-hydroxylation sites is 1. The molecule has 3 rings (SSSR count). The van der Waals surface area contributed by atoms with E-state index in [-0.39, 0.29) is 12.1 Å². The number of alkyl halides is 3. The number of fused-ring (bicyclic) bond motifs is 1. The molecule has 1 N–H and O–H groups in total. The molecule has 0 unspecified atom stereocenters. The Labute approximate surface area is 146 Å². The Morgan fingerprint density at radius 3 is 2.68 bits per heavy atom. The van der Waals surface area contributed by atoms with Gasteiger partial charge in [0.1, 0.15) is 5.58 Å². The minimum absolute atomic E-state index is 0.126. The lowest BCUT2D eigenvalue weighted by atomic mass is 10.1. The van der Waals surface area contributed by atoms with Gasteiger partial charge >= 0.3 is 6.18 Å². The topological polar surface area (TPSA) is 42.2 Å². The van der Waals surface area contributed by atoms with Crippen LogP contribution in [0.25, 0.3) is 11.0 Å². The van der Waals surface area contributed by atoms with Gasteiger partial charge in [-0.3, -0.25) is 4.79 Å². The van der Waals surface area contributed by atoms with E-state index in [1.54, 1.807) is 12.1 Å². The third-order valence-corrected chi connectivity index (χ3v) is 4.20.